The highest BCUT2D eigenvalue weighted by atomic mass is 79.9. The van der Waals surface area contributed by atoms with E-state index in [1.807, 2.05) is 13.8 Å². The molecular formula is C10H12BrNO2. The van der Waals surface area contributed by atoms with Crippen molar-refractivity contribution in [3.05, 3.63) is 22.2 Å². The molecule has 1 aliphatic rings. The molecule has 0 saturated carbocycles. The first-order chi connectivity index (χ1) is 6.70. The first-order valence-electron chi connectivity index (χ1n) is 4.44. The predicted molar refractivity (Wildman–Crippen MR) is 59.7 cm³/mol. The van der Waals surface area contributed by atoms with Gasteiger partial charge in [-0.3, -0.25) is 4.79 Å². The summed E-state index contributed by atoms with van der Waals surface area (Å²) in [6.07, 6.45) is 0. The van der Waals surface area contributed by atoms with E-state index in [2.05, 4.69) is 15.9 Å². The maximum Gasteiger partial charge on any atom is 0.206 e. The molecule has 0 atom stereocenters. The molecule has 0 fully saturated rings. The number of rotatable bonds is 0. The summed E-state index contributed by atoms with van der Waals surface area (Å²) in [5, 5.41) is 0. The van der Waals surface area contributed by atoms with Crippen LogP contribution in [0, 0.1) is 0 Å². The van der Waals surface area contributed by atoms with Gasteiger partial charge in [0.15, 0.2) is 6.61 Å². The lowest BCUT2D eigenvalue weighted by Gasteiger charge is -2.01. The number of nitrogen functional groups attached to an aromatic ring is 1. The van der Waals surface area contributed by atoms with Gasteiger partial charge < -0.3 is 10.5 Å². The summed E-state index contributed by atoms with van der Waals surface area (Å²) in [7, 11) is 0. The van der Waals surface area contributed by atoms with E-state index >= 15 is 0 Å². The van der Waals surface area contributed by atoms with Gasteiger partial charge in [-0.15, -0.1) is 0 Å². The van der Waals surface area contributed by atoms with Crippen LogP contribution in [0.4, 0.5) is 5.69 Å². The molecule has 0 saturated heterocycles. The summed E-state index contributed by atoms with van der Waals surface area (Å²) in [4.78, 5) is 11.2. The Labute approximate surface area is 91.4 Å². The molecule has 1 heterocycles. The lowest BCUT2D eigenvalue weighted by molar-refractivity contribution is 0.0961. The van der Waals surface area contributed by atoms with E-state index in [0.717, 1.165) is 4.47 Å². The third kappa shape index (κ3) is 1.75. The van der Waals surface area contributed by atoms with Crippen LogP contribution in [0.1, 0.15) is 24.2 Å². The molecule has 1 aromatic rings. The minimum absolute atomic E-state index is 0.0520. The van der Waals surface area contributed by atoms with Gasteiger partial charge in [-0.2, -0.15) is 0 Å². The number of halogens is 1. The minimum atomic E-state index is -0.0520. The molecule has 0 bridgehead atoms. The van der Waals surface area contributed by atoms with E-state index in [0.29, 0.717) is 17.0 Å². The van der Waals surface area contributed by atoms with E-state index in [-0.39, 0.29) is 12.4 Å². The van der Waals surface area contributed by atoms with Crippen molar-refractivity contribution in [2.24, 2.45) is 0 Å². The second-order valence-corrected chi connectivity index (χ2v) is 3.40. The van der Waals surface area contributed by atoms with Crippen LogP contribution < -0.4 is 10.5 Å². The number of benzene rings is 1. The fourth-order valence-corrected chi connectivity index (χ4v) is 1.53. The fraction of sp³-hybridized carbons (Fsp3) is 0.300. The van der Waals surface area contributed by atoms with Crippen molar-refractivity contribution >= 4 is 27.4 Å². The van der Waals surface area contributed by atoms with Crippen molar-refractivity contribution in [2.45, 2.75) is 13.8 Å². The van der Waals surface area contributed by atoms with Gasteiger partial charge in [0.05, 0.1) is 11.3 Å². The van der Waals surface area contributed by atoms with Crippen molar-refractivity contribution in [3.63, 3.8) is 0 Å². The summed E-state index contributed by atoms with van der Waals surface area (Å²) in [6, 6.07) is 3.51. The first-order valence-corrected chi connectivity index (χ1v) is 5.23. The molecule has 14 heavy (non-hydrogen) atoms. The molecule has 0 radical (unpaired) electrons. The molecule has 0 aliphatic carbocycles. The van der Waals surface area contributed by atoms with E-state index in [4.69, 9.17) is 10.5 Å². The molecule has 1 aromatic carbocycles. The number of carbonyl (C=O) groups excluding carboxylic acids is 1. The van der Waals surface area contributed by atoms with E-state index in [1.165, 1.54) is 0 Å². The van der Waals surface area contributed by atoms with Gasteiger partial charge >= 0.3 is 0 Å². The zero-order chi connectivity index (χ0) is 10.7. The number of Topliss-reactive ketones (excluding diaryl/α,β-unsaturated/α-hetero) is 1. The topological polar surface area (TPSA) is 52.3 Å². The number of nitrogens with two attached hydrogens (primary N) is 1. The normalized spacial score (nSPS) is 12.6. The van der Waals surface area contributed by atoms with E-state index < -0.39 is 0 Å². The zero-order valence-corrected chi connectivity index (χ0v) is 9.72. The smallest absolute Gasteiger partial charge is 0.206 e. The lowest BCUT2D eigenvalue weighted by atomic mass is 10.1. The Morgan fingerprint density at radius 3 is 2.71 bits per heavy atom. The number of ketones is 1. The highest BCUT2D eigenvalue weighted by molar-refractivity contribution is 9.10. The third-order valence-electron chi connectivity index (χ3n) is 1.79. The molecule has 1 aliphatic heterocycles. The molecule has 2 N–H and O–H groups in total. The lowest BCUT2D eigenvalue weighted by Crippen LogP contribution is -2.02. The van der Waals surface area contributed by atoms with Crippen LogP contribution in [0.5, 0.6) is 5.75 Å². The molecule has 76 valence electrons. The number of fused-ring (bicyclic) bond motifs is 1. The maximum atomic E-state index is 11.2. The fourth-order valence-electron chi connectivity index (χ4n) is 1.20. The SMILES string of the molecule is CC.Nc1c(Br)ccc2c1C(=O)CO2. The predicted octanol–water partition coefficient (Wildman–Crippen LogP) is 2.63. The molecule has 0 amide bonds. The van der Waals surface area contributed by atoms with Crippen molar-refractivity contribution < 1.29 is 9.53 Å². The van der Waals surface area contributed by atoms with Gasteiger partial charge in [0.2, 0.25) is 5.78 Å². The summed E-state index contributed by atoms with van der Waals surface area (Å²) < 4.78 is 5.83. The zero-order valence-electron chi connectivity index (χ0n) is 8.13. The van der Waals surface area contributed by atoms with Crippen LogP contribution >= 0.6 is 15.9 Å². The first kappa shape index (κ1) is 11.0. The molecule has 4 heteroatoms. The van der Waals surface area contributed by atoms with Gasteiger partial charge in [0, 0.05) is 4.47 Å². The highest BCUT2D eigenvalue weighted by Crippen LogP contribution is 2.34. The van der Waals surface area contributed by atoms with Gasteiger partial charge in [-0.05, 0) is 28.1 Å². The quantitative estimate of drug-likeness (QED) is 0.728. The van der Waals surface area contributed by atoms with Crippen molar-refractivity contribution in [1.29, 1.82) is 0 Å². The minimum Gasteiger partial charge on any atom is -0.485 e. The number of ether oxygens (including phenoxy) is 1. The van der Waals surface area contributed by atoms with Crippen LogP contribution in [-0.2, 0) is 0 Å². The molecule has 2 rings (SSSR count). The van der Waals surface area contributed by atoms with Crippen molar-refractivity contribution in [2.75, 3.05) is 12.3 Å². The number of carbonyl (C=O) groups is 1. The Balaban J connectivity index is 0.000000461. The molecule has 3 nitrogen and oxygen atoms in total. The second kappa shape index (κ2) is 4.46. The van der Waals surface area contributed by atoms with Crippen LogP contribution in [0.15, 0.2) is 16.6 Å². The summed E-state index contributed by atoms with van der Waals surface area (Å²) in [5.74, 6) is 0.532. The number of anilines is 1. The molecule has 0 aromatic heterocycles. The van der Waals surface area contributed by atoms with E-state index in [1.54, 1.807) is 12.1 Å². The highest BCUT2D eigenvalue weighted by Gasteiger charge is 2.24. The molecule has 0 spiro atoms. The van der Waals surface area contributed by atoms with Crippen LogP contribution in [0.3, 0.4) is 0 Å². The van der Waals surface area contributed by atoms with Crippen LogP contribution in [0.25, 0.3) is 0 Å². The summed E-state index contributed by atoms with van der Waals surface area (Å²) in [6.45, 7) is 4.11. The van der Waals surface area contributed by atoms with Crippen molar-refractivity contribution in [1.82, 2.24) is 0 Å². The monoisotopic (exact) mass is 257 g/mol. The van der Waals surface area contributed by atoms with Gasteiger partial charge in [0.1, 0.15) is 5.75 Å². The van der Waals surface area contributed by atoms with Gasteiger partial charge in [0.25, 0.3) is 0 Å². The number of hydrogen-bond donors (Lipinski definition) is 1. The standard InChI is InChI=1S/C8H6BrNO2.C2H6/c9-4-1-2-6-7(8(4)10)5(11)3-12-6;1-2/h1-2H,3,10H2;1-2H3. The van der Waals surface area contributed by atoms with Crippen LogP contribution in [0.2, 0.25) is 0 Å². The maximum absolute atomic E-state index is 11.2. The molecule has 0 unspecified atom stereocenters. The third-order valence-corrected chi connectivity index (χ3v) is 2.48. The Morgan fingerprint density at radius 2 is 2.07 bits per heavy atom. The Morgan fingerprint density at radius 1 is 1.43 bits per heavy atom. The van der Waals surface area contributed by atoms with Crippen LogP contribution in [-0.4, -0.2) is 12.4 Å². The average Bonchev–Trinajstić information content (AvgIpc) is 2.58. The summed E-state index contributed by atoms with van der Waals surface area (Å²) in [5.41, 5.74) is 6.65. The summed E-state index contributed by atoms with van der Waals surface area (Å²) >= 11 is 3.24. The van der Waals surface area contributed by atoms with Gasteiger partial charge in [-0.25, -0.2) is 0 Å². The molecular weight excluding hydrogens is 246 g/mol. The van der Waals surface area contributed by atoms with Gasteiger partial charge in [-0.1, -0.05) is 13.8 Å². The van der Waals surface area contributed by atoms with E-state index in [9.17, 15) is 4.79 Å². The number of hydrogen-bond acceptors (Lipinski definition) is 3. The average molecular weight is 258 g/mol. The second-order valence-electron chi connectivity index (χ2n) is 2.55. The largest absolute Gasteiger partial charge is 0.485 e. The van der Waals surface area contributed by atoms with Crippen molar-refractivity contribution in [3.8, 4) is 5.75 Å². The Kier molecular flexibility index (Phi) is 3.52. The Hall–Kier alpha value is -1.03. The Bertz CT molecular complexity index is 363.